The number of anilines is 1. The Hall–Kier alpha value is -1.71. The number of nitrogens with zero attached hydrogens (tertiary/aromatic N) is 1. The van der Waals surface area contributed by atoms with Gasteiger partial charge in [-0.05, 0) is 24.5 Å². The van der Waals surface area contributed by atoms with E-state index in [-0.39, 0.29) is 15.6 Å². The normalized spacial score (nSPS) is 11.4. The first-order valence-electron chi connectivity index (χ1n) is 4.69. The van der Waals surface area contributed by atoms with Crippen molar-refractivity contribution in [1.82, 2.24) is 0 Å². The quantitative estimate of drug-likeness (QED) is 0.658. The van der Waals surface area contributed by atoms with Gasteiger partial charge >= 0.3 is 0 Å². The Labute approximate surface area is 113 Å². The van der Waals surface area contributed by atoms with E-state index in [1.54, 1.807) is 12.3 Å². The Morgan fingerprint density at radius 2 is 2.28 bits per heavy atom. The van der Waals surface area contributed by atoms with Crippen LogP contribution in [0.4, 0.5) is 10.1 Å². The maximum absolute atomic E-state index is 13.2. The Bertz CT molecular complexity index is 554. The van der Waals surface area contributed by atoms with Gasteiger partial charge in [0.25, 0.3) is 5.91 Å². The summed E-state index contributed by atoms with van der Waals surface area (Å²) >= 11 is 6.67. The zero-order chi connectivity index (χ0) is 13.7. The summed E-state index contributed by atoms with van der Waals surface area (Å²) < 4.78 is 13.2. The molecule has 0 fully saturated rings. The summed E-state index contributed by atoms with van der Waals surface area (Å²) in [4.78, 5) is 11.0. The van der Waals surface area contributed by atoms with Gasteiger partial charge in [-0.25, -0.2) is 4.39 Å². The van der Waals surface area contributed by atoms with Crippen molar-refractivity contribution in [3.8, 4) is 6.07 Å². The van der Waals surface area contributed by atoms with Gasteiger partial charge in [-0.2, -0.15) is 5.26 Å². The summed E-state index contributed by atoms with van der Waals surface area (Å²) in [6.07, 6.45) is 1.66. The van der Waals surface area contributed by atoms with Crippen LogP contribution in [-0.2, 0) is 4.79 Å². The SMILES string of the molecule is CSC(Nc1ccc(Cl)c(F)c1)=C(C#N)C(N)=O. The van der Waals surface area contributed by atoms with E-state index in [4.69, 9.17) is 22.6 Å². The number of carbonyl (C=O) groups excluding carboxylic acids is 1. The van der Waals surface area contributed by atoms with Crippen LogP contribution in [0.5, 0.6) is 0 Å². The minimum absolute atomic E-state index is 0.00867. The molecule has 0 aliphatic carbocycles. The van der Waals surface area contributed by atoms with E-state index in [1.807, 2.05) is 0 Å². The van der Waals surface area contributed by atoms with Gasteiger partial charge in [0.15, 0.2) is 0 Å². The lowest BCUT2D eigenvalue weighted by atomic mass is 10.3. The number of thioether (sulfide) groups is 1. The second-order valence-electron chi connectivity index (χ2n) is 3.14. The van der Waals surface area contributed by atoms with Crippen molar-refractivity contribution in [3.63, 3.8) is 0 Å². The van der Waals surface area contributed by atoms with E-state index in [0.717, 1.165) is 17.8 Å². The molecule has 4 nitrogen and oxygen atoms in total. The summed E-state index contributed by atoms with van der Waals surface area (Å²) in [5.41, 5.74) is 5.22. The van der Waals surface area contributed by atoms with Crippen molar-refractivity contribution in [1.29, 1.82) is 5.26 Å². The van der Waals surface area contributed by atoms with E-state index in [1.165, 1.54) is 12.1 Å². The van der Waals surface area contributed by atoms with Gasteiger partial charge < -0.3 is 11.1 Å². The lowest BCUT2D eigenvalue weighted by Crippen LogP contribution is -2.16. The zero-order valence-electron chi connectivity index (χ0n) is 9.33. The third-order valence-electron chi connectivity index (χ3n) is 1.97. The van der Waals surface area contributed by atoms with Gasteiger partial charge in [0.2, 0.25) is 0 Å². The minimum atomic E-state index is -0.844. The van der Waals surface area contributed by atoms with Gasteiger partial charge in [0.1, 0.15) is 17.5 Å². The summed E-state index contributed by atoms with van der Waals surface area (Å²) in [7, 11) is 0. The van der Waals surface area contributed by atoms with Gasteiger partial charge in [0, 0.05) is 5.69 Å². The Kier molecular flexibility index (Phi) is 5.01. The molecule has 18 heavy (non-hydrogen) atoms. The second kappa shape index (κ2) is 6.28. The maximum atomic E-state index is 13.2. The molecule has 0 heterocycles. The first-order valence-corrected chi connectivity index (χ1v) is 6.30. The lowest BCUT2D eigenvalue weighted by molar-refractivity contribution is -0.114. The van der Waals surface area contributed by atoms with Crippen LogP contribution >= 0.6 is 23.4 Å². The monoisotopic (exact) mass is 285 g/mol. The molecule has 0 radical (unpaired) electrons. The predicted octanol–water partition coefficient (Wildman–Crippen LogP) is 2.47. The number of rotatable bonds is 4. The minimum Gasteiger partial charge on any atom is -0.365 e. The molecule has 0 spiro atoms. The molecule has 0 bridgehead atoms. The molecule has 1 aromatic rings. The molecule has 3 N–H and O–H groups in total. The van der Waals surface area contributed by atoms with E-state index >= 15 is 0 Å². The number of carbonyl (C=O) groups is 1. The van der Waals surface area contributed by atoms with Crippen LogP contribution in [0, 0.1) is 17.1 Å². The van der Waals surface area contributed by atoms with Crippen molar-refractivity contribution in [2.24, 2.45) is 5.73 Å². The summed E-state index contributed by atoms with van der Waals surface area (Å²) in [6.45, 7) is 0. The molecule has 0 aromatic heterocycles. The maximum Gasteiger partial charge on any atom is 0.262 e. The van der Waals surface area contributed by atoms with Crippen LogP contribution in [0.2, 0.25) is 5.02 Å². The third-order valence-corrected chi connectivity index (χ3v) is 2.99. The lowest BCUT2D eigenvalue weighted by Gasteiger charge is -2.10. The van der Waals surface area contributed by atoms with Crippen LogP contribution in [0.15, 0.2) is 28.8 Å². The molecule has 0 aliphatic rings. The molecule has 0 aliphatic heterocycles. The molecule has 1 aromatic carbocycles. The van der Waals surface area contributed by atoms with Crippen LogP contribution in [0.25, 0.3) is 0 Å². The molecule has 0 unspecified atom stereocenters. The highest BCUT2D eigenvalue weighted by molar-refractivity contribution is 8.02. The first kappa shape index (κ1) is 14.4. The molecular weight excluding hydrogens is 277 g/mol. The fraction of sp³-hybridized carbons (Fsp3) is 0.0909. The van der Waals surface area contributed by atoms with Crippen molar-refractivity contribution in [2.45, 2.75) is 0 Å². The predicted molar refractivity (Wildman–Crippen MR) is 70.4 cm³/mol. The number of nitrogens with two attached hydrogens (primary N) is 1. The fourth-order valence-corrected chi connectivity index (χ4v) is 1.83. The molecule has 94 valence electrons. The van der Waals surface area contributed by atoms with Crippen molar-refractivity contribution in [3.05, 3.63) is 39.6 Å². The average molecular weight is 286 g/mol. The smallest absolute Gasteiger partial charge is 0.262 e. The first-order chi connectivity index (χ1) is 8.49. The molecule has 1 amide bonds. The number of amides is 1. The van der Waals surface area contributed by atoms with Crippen LogP contribution in [0.3, 0.4) is 0 Å². The van der Waals surface area contributed by atoms with Gasteiger partial charge in [0.05, 0.1) is 10.1 Å². The number of nitriles is 1. The van der Waals surface area contributed by atoms with E-state index in [0.29, 0.717) is 5.69 Å². The van der Waals surface area contributed by atoms with Crippen molar-refractivity contribution in [2.75, 3.05) is 11.6 Å². The van der Waals surface area contributed by atoms with Gasteiger partial charge in [-0.3, -0.25) is 4.79 Å². The number of primary amides is 1. The van der Waals surface area contributed by atoms with E-state index in [2.05, 4.69) is 5.32 Å². The average Bonchev–Trinajstić information content (AvgIpc) is 2.33. The molecule has 0 atom stereocenters. The van der Waals surface area contributed by atoms with Crippen LogP contribution in [-0.4, -0.2) is 12.2 Å². The highest BCUT2D eigenvalue weighted by Crippen LogP contribution is 2.23. The number of hydrogen-bond donors (Lipinski definition) is 2. The summed E-state index contributed by atoms with van der Waals surface area (Å²) in [6, 6.07) is 5.76. The second-order valence-corrected chi connectivity index (χ2v) is 4.36. The Morgan fingerprint density at radius 3 is 2.72 bits per heavy atom. The number of hydrogen-bond acceptors (Lipinski definition) is 4. The largest absolute Gasteiger partial charge is 0.365 e. The highest BCUT2D eigenvalue weighted by atomic mass is 35.5. The van der Waals surface area contributed by atoms with Crippen LogP contribution < -0.4 is 11.1 Å². The Balaban J connectivity index is 3.10. The van der Waals surface area contributed by atoms with Crippen molar-refractivity contribution >= 4 is 35.0 Å². The van der Waals surface area contributed by atoms with Crippen LogP contribution in [0.1, 0.15) is 0 Å². The topological polar surface area (TPSA) is 78.9 Å². The molecule has 0 saturated carbocycles. The number of nitrogens with one attached hydrogen (secondary N) is 1. The fourth-order valence-electron chi connectivity index (χ4n) is 1.14. The molecule has 0 saturated heterocycles. The molecule has 1 rings (SSSR count). The third kappa shape index (κ3) is 3.39. The standard InChI is InChI=1S/C11H9ClFN3OS/c1-18-11(7(5-14)10(15)17)16-6-2-3-8(12)9(13)4-6/h2-4,16H,1H3,(H2,15,17). The highest BCUT2D eigenvalue weighted by Gasteiger charge is 2.12. The van der Waals surface area contributed by atoms with Crippen molar-refractivity contribution < 1.29 is 9.18 Å². The van der Waals surface area contributed by atoms with Gasteiger partial charge in [-0.1, -0.05) is 11.6 Å². The van der Waals surface area contributed by atoms with E-state index < -0.39 is 11.7 Å². The molecule has 7 heteroatoms. The van der Waals surface area contributed by atoms with Gasteiger partial charge in [-0.15, -0.1) is 11.8 Å². The summed E-state index contributed by atoms with van der Waals surface area (Å²) in [5.74, 6) is -1.44. The Morgan fingerprint density at radius 1 is 1.61 bits per heavy atom. The zero-order valence-corrected chi connectivity index (χ0v) is 10.9. The molecular formula is C11H9ClFN3OS. The van der Waals surface area contributed by atoms with E-state index in [9.17, 15) is 9.18 Å². The summed E-state index contributed by atoms with van der Waals surface area (Å²) in [5, 5.41) is 11.8. The number of halogens is 2. The number of benzene rings is 1.